The average Bonchev–Trinajstić information content (AvgIpc) is 3.43. The van der Waals surface area contributed by atoms with Gasteiger partial charge in [-0.2, -0.15) is 0 Å². The monoisotopic (exact) mass is 445 g/mol. The minimum atomic E-state index is -0.682. The molecule has 4 rings (SSSR count). The molecule has 2 aromatic rings. The molecule has 1 saturated heterocycles. The topological polar surface area (TPSA) is 123 Å². The van der Waals surface area contributed by atoms with Crippen molar-refractivity contribution in [2.45, 2.75) is 26.3 Å². The van der Waals surface area contributed by atoms with Crippen molar-refractivity contribution < 1.29 is 23.9 Å². The van der Waals surface area contributed by atoms with E-state index in [2.05, 4.69) is 20.2 Å². The summed E-state index contributed by atoms with van der Waals surface area (Å²) in [6.45, 7) is 3.79. The zero-order chi connectivity index (χ0) is 21.8. The summed E-state index contributed by atoms with van der Waals surface area (Å²) in [7, 11) is 0. The van der Waals surface area contributed by atoms with Crippen LogP contribution in [0.4, 0.5) is 0 Å². The van der Waals surface area contributed by atoms with Gasteiger partial charge >= 0.3 is 11.8 Å². The van der Waals surface area contributed by atoms with E-state index >= 15 is 0 Å². The molecule has 2 aliphatic heterocycles. The van der Waals surface area contributed by atoms with Crippen LogP contribution in [0.25, 0.3) is 0 Å². The van der Waals surface area contributed by atoms with Gasteiger partial charge < -0.3 is 25.0 Å². The fraction of sp³-hybridized carbons (Fsp3) is 0.450. The van der Waals surface area contributed by atoms with Crippen molar-refractivity contribution >= 4 is 29.3 Å². The molecule has 0 atom stereocenters. The van der Waals surface area contributed by atoms with Crippen LogP contribution in [-0.4, -0.2) is 58.6 Å². The Morgan fingerprint density at radius 3 is 2.61 bits per heavy atom. The maximum absolute atomic E-state index is 12.5. The molecule has 1 aromatic heterocycles. The van der Waals surface area contributed by atoms with Gasteiger partial charge in [0.25, 0.3) is 5.91 Å². The Kier molecular flexibility index (Phi) is 6.31. The van der Waals surface area contributed by atoms with Gasteiger partial charge in [0.15, 0.2) is 11.5 Å². The van der Waals surface area contributed by atoms with Crippen LogP contribution in [0.15, 0.2) is 18.2 Å². The number of nitrogens with one attached hydrogen (secondary N) is 2. The second kappa shape index (κ2) is 9.29. The highest BCUT2D eigenvalue weighted by atomic mass is 32.1. The molecule has 164 valence electrons. The van der Waals surface area contributed by atoms with Crippen LogP contribution < -0.4 is 20.1 Å². The summed E-state index contributed by atoms with van der Waals surface area (Å²) in [6, 6.07) is 5.36. The third-order valence-corrected chi connectivity index (χ3v) is 6.21. The number of aryl methyl sites for hydroxylation is 1. The lowest BCUT2D eigenvalue weighted by molar-refractivity contribution is -0.139. The molecule has 0 radical (unpaired) electrons. The molecule has 2 N–H and O–H groups in total. The Labute approximate surface area is 183 Å². The molecule has 3 amide bonds. The summed E-state index contributed by atoms with van der Waals surface area (Å²) in [5.41, 5.74) is 1.46. The van der Waals surface area contributed by atoms with E-state index in [4.69, 9.17) is 9.47 Å². The smallest absolute Gasteiger partial charge is 0.309 e. The van der Waals surface area contributed by atoms with Crippen LogP contribution >= 0.6 is 11.5 Å². The number of ether oxygens (including phenoxy) is 2. The third kappa shape index (κ3) is 4.93. The molecule has 1 fully saturated rings. The van der Waals surface area contributed by atoms with E-state index in [1.165, 1.54) is 0 Å². The Morgan fingerprint density at radius 2 is 1.87 bits per heavy atom. The number of rotatable bonds is 5. The van der Waals surface area contributed by atoms with Crippen LogP contribution in [0.1, 0.15) is 33.8 Å². The second-order valence-corrected chi connectivity index (χ2v) is 8.26. The number of aromatic nitrogens is 2. The van der Waals surface area contributed by atoms with E-state index in [1.54, 1.807) is 24.0 Å². The highest BCUT2D eigenvalue weighted by Gasteiger charge is 2.26. The minimum Gasteiger partial charge on any atom is -0.454 e. The molecule has 0 saturated carbocycles. The van der Waals surface area contributed by atoms with Crippen molar-refractivity contribution in [3.05, 3.63) is 34.3 Å². The second-order valence-electron chi connectivity index (χ2n) is 7.50. The van der Waals surface area contributed by atoms with Crippen molar-refractivity contribution in [3.63, 3.8) is 0 Å². The molecule has 31 heavy (non-hydrogen) atoms. The molecule has 1 aromatic carbocycles. The van der Waals surface area contributed by atoms with Gasteiger partial charge in [-0.25, -0.2) is 0 Å². The molecule has 0 bridgehead atoms. The summed E-state index contributed by atoms with van der Waals surface area (Å²) in [5.74, 6) is 0.125. The first-order valence-corrected chi connectivity index (χ1v) is 10.8. The van der Waals surface area contributed by atoms with E-state index in [0.717, 1.165) is 29.9 Å². The number of benzene rings is 1. The van der Waals surface area contributed by atoms with Crippen molar-refractivity contribution in [3.8, 4) is 11.5 Å². The first-order valence-electron chi connectivity index (χ1n) is 10.0. The number of hydrogen-bond donors (Lipinski definition) is 2. The molecule has 10 nitrogen and oxygen atoms in total. The Hall–Kier alpha value is -3.21. The lowest BCUT2D eigenvalue weighted by Gasteiger charge is -2.31. The van der Waals surface area contributed by atoms with Gasteiger partial charge in [-0.15, -0.1) is 5.10 Å². The zero-order valence-electron chi connectivity index (χ0n) is 17.1. The molecule has 2 aliphatic rings. The van der Waals surface area contributed by atoms with Crippen LogP contribution in [0.2, 0.25) is 0 Å². The maximum Gasteiger partial charge on any atom is 0.309 e. The van der Waals surface area contributed by atoms with Crippen LogP contribution in [0.5, 0.6) is 11.5 Å². The van der Waals surface area contributed by atoms with Crippen molar-refractivity contribution in [2.75, 3.05) is 26.4 Å². The van der Waals surface area contributed by atoms with Gasteiger partial charge in [0.2, 0.25) is 6.79 Å². The average molecular weight is 446 g/mol. The molecule has 0 unspecified atom stereocenters. The van der Waals surface area contributed by atoms with Crippen LogP contribution in [0.3, 0.4) is 0 Å². The highest BCUT2D eigenvalue weighted by Crippen LogP contribution is 2.32. The van der Waals surface area contributed by atoms with Crippen molar-refractivity contribution in [2.24, 2.45) is 5.92 Å². The van der Waals surface area contributed by atoms with Crippen molar-refractivity contribution in [1.29, 1.82) is 0 Å². The van der Waals surface area contributed by atoms with Gasteiger partial charge in [0.05, 0.1) is 5.69 Å². The highest BCUT2D eigenvalue weighted by molar-refractivity contribution is 7.07. The number of fused-ring (bicyclic) bond motifs is 1. The van der Waals surface area contributed by atoms with E-state index in [-0.39, 0.29) is 25.2 Å². The lowest BCUT2D eigenvalue weighted by Crippen LogP contribution is -2.44. The summed E-state index contributed by atoms with van der Waals surface area (Å²) < 4.78 is 14.4. The summed E-state index contributed by atoms with van der Waals surface area (Å²) >= 11 is 1.11. The van der Waals surface area contributed by atoms with E-state index < -0.39 is 11.8 Å². The van der Waals surface area contributed by atoms with Crippen molar-refractivity contribution in [1.82, 2.24) is 25.1 Å². The number of likely N-dealkylation sites (tertiary alicyclic amines) is 1. The number of carbonyl (C=O) groups is 3. The summed E-state index contributed by atoms with van der Waals surface area (Å²) in [5, 5.41) is 9.19. The summed E-state index contributed by atoms with van der Waals surface area (Å²) in [4.78, 5) is 39.1. The van der Waals surface area contributed by atoms with E-state index in [0.29, 0.717) is 41.7 Å². The molecule has 3 heterocycles. The molecule has 0 spiro atoms. The minimum absolute atomic E-state index is 0.0436. The lowest BCUT2D eigenvalue weighted by atomic mass is 9.96. The Bertz CT molecular complexity index is 986. The SMILES string of the molecule is Cc1nnsc1C(=O)N1CCC(CNC(=O)C(=O)NCc2ccc3c(c2)OCO3)CC1. The zero-order valence-corrected chi connectivity index (χ0v) is 17.9. The molecular formula is C20H23N5O5S. The van der Waals surface area contributed by atoms with E-state index in [1.807, 2.05) is 6.07 Å². The first kappa shape index (κ1) is 21.0. The fourth-order valence-electron chi connectivity index (χ4n) is 3.54. The van der Waals surface area contributed by atoms with Gasteiger partial charge in [-0.05, 0) is 54.9 Å². The predicted molar refractivity (Wildman–Crippen MR) is 111 cm³/mol. The summed E-state index contributed by atoms with van der Waals surface area (Å²) in [6.07, 6.45) is 1.52. The number of hydrogen-bond acceptors (Lipinski definition) is 8. The number of amides is 3. The maximum atomic E-state index is 12.5. The molecule has 11 heteroatoms. The van der Waals surface area contributed by atoms with Crippen LogP contribution in [-0.2, 0) is 16.1 Å². The van der Waals surface area contributed by atoms with Gasteiger partial charge in [-0.3, -0.25) is 14.4 Å². The van der Waals surface area contributed by atoms with Gasteiger partial charge in [0.1, 0.15) is 4.88 Å². The number of nitrogens with zero attached hydrogens (tertiary/aromatic N) is 3. The normalized spacial score (nSPS) is 15.6. The molecule has 0 aliphatic carbocycles. The Morgan fingerprint density at radius 1 is 1.13 bits per heavy atom. The molecular weight excluding hydrogens is 422 g/mol. The van der Waals surface area contributed by atoms with Gasteiger partial charge in [-0.1, -0.05) is 10.6 Å². The van der Waals surface area contributed by atoms with Gasteiger partial charge in [0, 0.05) is 26.2 Å². The van der Waals surface area contributed by atoms with E-state index in [9.17, 15) is 14.4 Å². The first-order chi connectivity index (χ1) is 15.0. The standard InChI is InChI=1S/C20H23N5O5S/c1-12-17(31-24-23-12)20(28)25-6-4-13(5-7-25)9-21-18(26)19(27)22-10-14-2-3-15-16(8-14)30-11-29-15/h2-3,8,13H,4-7,9-11H2,1H3,(H,21,26)(H,22,27). The van der Waals surface area contributed by atoms with Crippen LogP contribution in [0, 0.1) is 12.8 Å². The third-order valence-electron chi connectivity index (χ3n) is 5.40. The quantitative estimate of drug-likeness (QED) is 0.655. The Balaban J connectivity index is 1.17. The predicted octanol–water partition coefficient (Wildman–Crippen LogP) is 0.860. The fourth-order valence-corrected chi connectivity index (χ4v) is 4.17. The number of carbonyl (C=O) groups excluding carboxylic acids is 3. The largest absolute Gasteiger partial charge is 0.454 e. The number of piperidine rings is 1.